The first-order valence-electron chi connectivity index (χ1n) is 10.7. The summed E-state index contributed by atoms with van der Waals surface area (Å²) in [6, 6.07) is 13.3. The van der Waals surface area contributed by atoms with Gasteiger partial charge in [-0.1, -0.05) is 36.4 Å². The van der Waals surface area contributed by atoms with Crippen molar-refractivity contribution >= 4 is 11.6 Å². The zero-order valence-corrected chi connectivity index (χ0v) is 18.1. The summed E-state index contributed by atoms with van der Waals surface area (Å²) in [5.41, 5.74) is 2.22. The van der Waals surface area contributed by atoms with Crippen molar-refractivity contribution < 1.29 is 28.5 Å². The van der Waals surface area contributed by atoms with Crippen LogP contribution in [0.4, 0.5) is 8.78 Å². The molecule has 5 rings (SSSR count). The zero-order chi connectivity index (χ0) is 24.0. The van der Waals surface area contributed by atoms with Gasteiger partial charge in [-0.3, -0.25) is 9.20 Å². The molecule has 0 spiro atoms. The molecular weight excluding hydrogens is 444 g/mol. The van der Waals surface area contributed by atoms with Crippen LogP contribution in [0.3, 0.4) is 0 Å². The SMILES string of the molecule is Cc1nc2c(OCc3cccc(F)c3F)cccn2c1C(=O)N[C@@H]1c2ccccc2[C@@H](O)[C@H]1O. The van der Waals surface area contributed by atoms with Crippen LogP contribution in [-0.2, 0) is 6.61 Å². The number of benzene rings is 2. The minimum atomic E-state index is -1.19. The van der Waals surface area contributed by atoms with Crippen LogP contribution in [0.15, 0.2) is 60.8 Å². The molecule has 0 fully saturated rings. The number of carbonyl (C=O) groups is 1. The molecule has 2 heterocycles. The molecule has 2 aromatic carbocycles. The Bertz CT molecular complexity index is 1400. The van der Waals surface area contributed by atoms with Gasteiger partial charge in [0.1, 0.15) is 24.5 Å². The number of rotatable bonds is 5. The average Bonchev–Trinajstić information content (AvgIpc) is 3.29. The molecule has 9 heteroatoms. The number of ether oxygens (including phenoxy) is 1. The summed E-state index contributed by atoms with van der Waals surface area (Å²) >= 11 is 0. The van der Waals surface area contributed by atoms with Gasteiger partial charge in [0.05, 0.1) is 11.7 Å². The largest absolute Gasteiger partial charge is 0.485 e. The minimum Gasteiger partial charge on any atom is -0.485 e. The highest BCUT2D eigenvalue weighted by Gasteiger charge is 2.39. The Balaban J connectivity index is 1.43. The van der Waals surface area contributed by atoms with Gasteiger partial charge in [-0.05, 0) is 36.2 Å². The third kappa shape index (κ3) is 3.59. The lowest BCUT2D eigenvalue weighted by Crippen LogP contribution is -2.35. The summed E-state index contributed by atoms with van der Waals surface area (Å²) < 4.78 is 34.7. The number of aliphatic hydroxyl groups excluding tert-OH is 2. The molecule has 174 valence electrons. The van der Waals surface area contributed by atoms with Crippen LogP contribution in [0, 0.1) is 18.6 Å². The number of halogens is 2. The number of aliphatic hydroxyl groups is 2. The fourth-order valence-corrected chi connectivity index (χ4v) is 4.34. The molecule has 1 amide bonds. The molecule has 0 saturated carbocycles. The van der Waals surface area contributed by atoms with Crippen molar-refractivity contribution in [3.05, 3.63) is 101 Å². The second-order valence-corrected chi connectivity index (χ2v) is 8.13. The summed E-state index contributed by atoms with van der Waals surface area (Å²) in [5, 5.41) is 23.6. The van der Waals surface area contributed by atoms with Crippen molar-refractivity contribution in [1.82, 2.24) is 14.7 Å². The van der Waals surface area contributed by atoms with Crippen LogP contribution in [0.5, 0.6) is 5.75 Å². The minimum absolute atomic E-state index is 0.0516. The molecule has 3 atom stereocenters. The summed E-state index contributed by atoms with van der Waals surface area (Å²) in [6.07, 6.45) is -0.665. The van der Waals surface area contributed by atoms with Crippen molar-refractivity contribution in [3.63, 3.8) is 0 Å². The predicted octanol–water partition coefficient (Wildman–Crippen LogP) is 3.38. The van der Waals surface area contributed by atoms with E-state index in [2.05, 4.69) is 10.3 Å². The molecule has 3 N–H and O–H groups in total. The fourth-order valence-electron chi connectivity index (χ4n) is 4.34. The Morgan fingerprint density at radius 3 is 2.65 bits per heavy atom. The highest BCUT2D eigenvalue weighted by atomic mass is 19.2. The van der Waals surface area contributed by atoms with Crippen LogP contribution in [0.2, 0.25) is 0 Å². The Labute approximate surface area is 193 Å². The lowest BCUT2D eigenvalue weighted by molar-refractivity contribution is 0.0107. The number of hydrogen-bond donors (Lipinski definition) is 3. The normalized spacial score (nSPS) is 19.3. The smallest absolute Gasteiger partial charge is 0.270 e. The first kappa shape index (κ1) is 22.0. The van der Waals surface area contributed by atoms with Gasteiger partial charge in [0.2, 0.25) is 0 Å². The molecule has 7 nitrogen and oxygen atoms in total. The Kier molecular flexibility index (Phi) is 5.51. The van der Waals surface area contributed by atoms with Crippen LogP contribution < -0.4 is 10.1 Å². The molecule has 34 heavy (non-hydrogen) atoms. The fraction of sp³-hybridized carbons (Fsp3) is 0.200. The third-order valence-electron chi connectivity index (χ3n) is 6.02. The van der Waals surface area contributed by atoms with E-state index in [1.54, 1.807) is 49.5 Å². The van der Waals surface area contributed by atoms with Crippen LogP contribution in [0.25, 0.3) is 5.65 Å². The van der Waals surface area contributed by atoms with Crippen molar-refractivity contribution in [2.75, 3.05) is 0 Å². The number of pyridine rings is 1. The first-order valence-corrected chi connectivity index (χ1v) is 10.7. The number of carbonyl (C=O) groups excluding carboxylic acids is 1. The van der Waals surface area contributed by atoms with Crippen molar-refractivity contribution in [2.24, 2.45) is 0 Å². The van der Waals surface area contributed by atoms with Crippen molar-refractivity contribution in [2.45, 2.75) is 31.8 Å². The zero-order valence-electron chi connectivity index (χ0n) is 18.1. The number of aryl methyl sites for hydroxylation is 1. The third-order valence-corrected chi connectivity index (χ3v) is 6.02. The molecule has 0 saturated heterocycles. The molecule has 0 unspecified atom stereocenters. The van der Waals surface area contributed by atoms with E-state index < -0.39 is 35.8 Å². The highest BCUT2D eigenvalue weighted by Crippen LogP contribution is 2.39. The Morgan fingerprint density at radius 1 is 1.09 bits per heavy atom. The second kappa shape index (κ2) is 8.51. The van der Waals surface area contributed by atoms with Crippen molar-refractivity contribution in [3.8, 4) is 5.75 Å². The molecule has 0 aliphatic heterocycles. The lowest BCUT2D eigenvalue weighted by Gasteiger charge is -2.19. The number of nitrogens with zero attached hydrogens (tertiary/aromatic N) is 2. The molecule has 2 aromatic heterocycles. The molecular formula is C25H21F2N3O4. The number of fused-ring (bicyclic) bond motifs is 2. The van der Waals surface area contributed by atoms with Crippen LogP contribution in [-0.4, -0.2) is 31.6 Å². The van der Waals surface area contributed by atoms with Crippen LogP contribution in [0.1, 0.15) is 45.0 Å². The summed E-state index contributed by atoms with van der Waals surface area (Å²) in [5.74, 6) is -2.15. The Morgan fingerprint density at radius 2 is 1.85 bits per heavy atom. The van der Waals surface area contributed by atoms with Gasteiger partial charge in [-0.25, -0.2) is 13.8 Å². The quantitative estimate of drug-likeness (QED) is 0.420. The van der Waals surface area contributed by atoms with Gasteiger partial charge < -0.3 is 20.3 Å². The van der Waals surface area contributed by atoms with E-state index in [1.807, 2.05) is 0 Å². The van der Waals surface area contributed by atoms with E-state index in [0.717, 1.165) is 6.07 Å². The number of imidazole rings is 1. The lowest BCUT2D eigenvalue weighted by atomic mass is 10.1. The molecule has 0 bridgehead atoms. The highest BCUT2D eigenvalue weighted by molar-refractivity contribution is 5.95. The maximum atomic E-state index is 14.0. The number of nitrogens with one attached hydrogen (secondary N) is 1. The maximum absolute atomic E-state index is 14.0. The van der Waals surface area contributed by atoms with Gasteiger partial charge in [0.25, 0.3) is 5.91 Å². The summed E-state index contributed by atoms with van der Waals surface area (Å²) in [7, 11) is 0. The van der Waals surface area contributed by atoms with Gasteiger partial charge in [0, 0.05) is 11.8 Å². The monoisotopic (exact) mass is 465 g/mol. The van der Waals surface area contributed by atoms with Gasteiger partial charge in [-0.2, -0.15) is 0 Å². The van der Waals surface area contributed by atoms with Gasteiger partial charge >= 0.3 is 0 Å². The topological polar surface area (TPSA) is 96.1 Å². The summed E-state index contributed by atoms with van der Waals surface area (Å²) in [6.45, 7) is 1.44. The van der Waals surface area contributed by atoms with E-state index in [0.29, 0.717) is 22.5 Å². The first-order chi connectivity index (χ1) is 16.4. The Hall–Kier alpha value is -3.82. The maximum Gasteiger partial charge on any atom is 0.270 e. The van der Waals surface area contributed by atoms with E-state index in [1.165, 1.54) is 16.5 Å². The molecule has 1 aliphatic rings. The van der Waals surface area contributed by atoms with E-state index in [4.69, 9.17) is 4.74 Å². The van der Waals surface area contributed by atoms with Crippen molar-refractivity contribution in [1.29, 1.82) is 0 Å². The number of aromatic nitrogens is 2. The predicted molar refractivity (Wildman–Crippen MR) is 118 cm³/mol. The van der Waals surface area contributed by atoms with Crippen LogP contribution >= 0.6 is 0 Å². The average molecular weight is 465 g/mol. The standard InChI is InChI=1S/C25H21F2N3O4/c1-13-21(25(33)29-20-15-7-2-3-8-16(15)22(31)23(20)32)30-11-5-10-18(24(30)28-13)34-12-14-6-4-9-17(26)19(14)27/h2-11,20,22-23,31-32H,12H2,1H3,(H,29,33)/t20-,22-,23+/m1/s1. The van der Waals surface area contributed by atoms with E-state index in [9.17, 15) is 23.8 Å². The molecule has 0 radical (unpaired) electrons. The van der Waals surface area contributed by atoms with E-state index >= 15 is 0 Å². The molecule has 1 aliphatic carbocycles. The second-order valence-electron chi connectivity index (χ2n) is 8.13. The number of amides is 1. The summed E-state index contributed by atoms with van der Waals surface area (Å²) in [4.78, 5) is 17.7. The van der Waals surface area contributed by atoms with Gasteiger partial charge in [-0.15, -0.1) is 0 Å². The van der Waals surface area contributed by atoms with Gasteiger partial charge in [0.15, 0.2) is 23.0 Å². The number of hydrogen-bond acceptors (Lipinski definition) is 5. The molecule has 4 aromatic rings. The van der Waals surface area contributed by atoms with E-state index in [-0.39, 0.29) is 23.6 Å².